The van der Waals surface area contributed by atoms with Crippen LogP contribution in [0.25, 0.3) is 16.5 Å². The number of aryl methyl sites for hydroxylation is 1. The van der Waals surface area contributed by atoms with Crippen LogP contribution in [0.5, 0.6) is 0 Å². The predicted molar refractivity (Wildman–Crippen MR) is 119 cm³/mol. The number of fused-ring (bicyclic) bond motifs is 1. The van der Waals surface area contributed by atoms with Crippen molar-refractivity contribution in [2.45, 2.75) is 31.7 Å². The molecule has 4 aromatic rings. The van der Waals surface area contributed by atoms with E-state index in [0.717, 1.165) is 36.0 Å². The minimum atomic E-state index is -0.313. The fourth-order valence-electron chi connectivity index (χ4n) is 3.93. The van der Waals surface area contributed by atoms with Crippen LogP contribution in [0.1, 0.15) is 36.7 Å². The Hall–Kier alpha value is -3.69. The molecule has 0 amide bonds. The normalized spacial score (nSPS) is 14.3. The van der Waals surface area contributed by atoms with Gasteiger partial charge in [0.1, 0.15) is 0 Å². The maximum Gasteiger partial charge on any atom is 0.264 e. The first-order chi connectivity index (χ1) is 15.1. The Morgan fingerprint density at radius 3 is 2.61 bits per heavy atom. The SMILES string of the molecule is CCc1cc2cccc(C#Cc3cn(C4(CO)CC4)nn3)c2c(=O)n1-c1ccccc1. The Morgan fingerprint density at radius 1 is 1.10 bits per heavy atom. The van der Waals surface area contributed by atoms with Crippen LogP contribution in [0.2, 0.25) is 0 Å². The number of aliphatic hydroxyl groups excluding tert-OH is 1. The van der Waals surface area contributed by atoms with E-state index >= 15 is 0 Å². The van der Waals surface area contributed by atoms with Crippen molar-refractivity contribution in [2.24, 2.45) is 0 Å². The molecular formula is C25H22N4O2. The average Bonchev–Trinajstić information content (AvgIpc) is 3.47. The predicted octanol–water partition coefficient (Wildman–Crippen LogP) is 3.03. The number of benzene rings is 2. The minimum absolute atomic E-state index is 0.0470. The molecule has 0 unspecified atom stereocenters. The summed E-state index contributed by atoms with van der Waals surface area (Å²) in [5.41, 5.74) is 2.59. The largest absolute Gasteiger partial charge is 0.394 e. The number of hydrogen-bond acceptors (Lipinski definition) is 4. The quantitative estimate of drug-likeness (QED) is 0.525. The number of nitrogens with zero attached hydrogens (tertiary/aromatic N) is 4. The first kappa shape index (κ1) is 19.3. The number of rotatable bonds is 4. The van der Waals surface area contributed by atoms with Gasteiger partial charge in [-0.2, -0.15) is 0 Å². The van der Waals surface area contributed by atoms with E-state index in [1.165, 1.54) is 0 Å². The summed E-state index contributed by atoms with van der Waals surface area (Å²) in [6.07, 6.45) is 4.29. The van der Waals surface area contributed by atoms with Crippen molar-refractivity contribution in [3.63, 3.8) is 0 Å². The second-order valence-electron chi connectivity index (χ2n) is 7.92. The van der Waals surface area contributed by atoms with Crippen LogP contribution in [0.3, 0.4) is 0 Å². The molecule has 154 valence electrons. The number of pyridine rings is 1. The zero-order chi connectivity index (χ0) is 21.4. The summed E-state index contributed by atoms with van der Waals surface area (Å²) in [5.74, 6) is 6.16. The molecule has 2 heterocycles. The van der Waals surface area contributed by atoms with Gasteiger partial charge in [0.05, 0.1) is 23.7 Å². The molecule has 6 heteroatoms. The van der Waals surface area contributed by atoms with Gasteiger partial charge in [0, 0.05) is 16.9 Å². The molecule has 0 aliphatic heterocycles. The van der Waals surface area contributed by atoms with Crippen molar-refractivity contribution in [1.82, 2.24) is 19.6 Å². The number of aliphatic hydroxyl groups is 1. The van der Waals surface area contributed by atoms with E-state index < -0.39 is 0 Å². The molecule has 0 atom stereocenters. The van der Waals surface area contributed by atoms with Gasteiger partial charge in [0.2, 0.25) is 0 Å². The Bertz CT molecular complexity index is 1390. The number of aromatic nitrogens is 4. The fraction of sp³-hybridized carbons (Fsp3) is 0.240. The average molecular weight is 410 g/mol. The van der Waals surface area contributed by atoms with Gasteiger partial charge >= 0.3 is 0 Å². The van der Waals surface area contributed by atoms with Gasteiger partial charge in [0.25, 0.3) is 5.56 Å². The Morgan fingerprint density at radius 2 is 1.90 bits per heavy atom. The summed E-state index contributed by atoms with van der Waals surface area (Å²) < 4.78 is 3.47. The van der Waals surface area contributed by atoms with Crippen LogP contribution in [0.4, 0.5) is 0 Å². The summed E-state index contributed by atoms with van der Waals surface area (Å²) in [7, 11) is 0. The Kier molecular flexibility index (Phi) is 4.68. The lowest BCUT2D eigenvalue weighted by Gasteiger charge is -2.14. The molecule has 0 saturated heterocycles. The summed E-state index contributed by atoms with van der Waals surface area (Å²) in [5, 5.41) is 19.3. The molecule has 1 aliphatic carbocycles. The van der Waals surface area contributed by atoms with Gasteiger partial charge in [0.15, 0.2) is 5.69 Å². The third-order valence-corrected chi connectivity index (χ3v) is 5.93. The van der Waals surface area contributed by atoms with Crippen molar-refractivity contribution in [3.8, 4) is 17.5 Å². The molecule has 0 bridgehead atoms. The first-order valence-electron chi connectivity index (χ1n) is 10.4. The molecule has 5 rings (SSSR count). The summed E-state index contributed by atoms with van der Waals surface area (Å²) >= 11 is 0. The standard InChI is InChI=1S/C25H22N4O2/c1-2-21-15-19-8-6-7-18(23(19)24(31)29(21)22-9-4-3-5-10-22)11-12-20-16-28(27-26-20)25(17-30)13-14-25/h3-10,15-16,30H,2,13-14,17H2,1H3. The number of hydrogen-bond donors (Lipinski definition) is 1. The highest BCUT2D eigenvalue weighted by Crippen LogP contribution is 2.42. The highest BCUT2D eigenvalue weighted by atomic mass is 16.3. The van der Waals surface area contributed by atoms with E-state index in [4.69, 9.17) is 0 Å². The molecule has 1 aliphatic rings. The molecule has 1 saturated carbocycles. The fourth-order valence-corrected chi connectivity index (χ4v) is 3.93. The monoisotopic (exact) mass is 410 g/mol. The lowest BCUT2D eigenvalue weighted by molar-refractivity contribution is 0.200. The van der Waals surface area contributed by atoms with Crippen molar-refractivity contribution in [3.05, 3.63) is 88.1 Å². The molecule has 2 aromatic carbocycles. The van der Waals surface area contributed by atoms with E-state index in [1.54, 1.807) is 15.4 Å². The van der Waals surface area contributed by atoms with Crippen LogP contribution in [-0.2, 0) is 12.0 Å². The number of para-hydroxylation sites is 1. The van der Waals surface area contributed by atoms with Crippen molar-refractivity contribution in [1.29, 1.82) is 0 Å². The molecule has 1 N–H and O–H groups in total. The lowest BCUT2D eigenvalue weighted by atomic mass is 10.0. The van der Waals surface area contributed by atoms with E-state index in [0.29, 0.717) is 16.6 Å². The van der Waals surface area contributed by atoms with Crippen LogP contribution in [0.15, 0.2) is 65.6 Å². The van der Waals surface area contributed by atoms with Gasteiger partial charge in [-0.05, 0) is 54.8 Å². The second-order valence-corrected chi connectivity index (χ2v) is 7.92. The van der Waals surface area contributed by atoms with Gasteiger partial charge < -0.3 is 5.11 Å². The maximum absolute atomic E-state index is 13.6. The van der Waals surface area contributed by atoms with Gasteiger partial charge in [-0.1, -0.05) is 48.4 Å². The molecular weight excluding hydrogens is 388 g/mol. The molecule has 0 radical (unpaired) electrons. The van der Waals surface area contributed by atoms with Gasteiger partial charge in [-0.15, -0.1) is 5.10 Å². The zero-order valence-corrected chi connectivity index (χ0v) is 17.2. The van der Waals surface area contributed by atoms with Crippen LogP contribution >= 0.6 is 0 Å². The van der Waals surface area contributed by atoms with Crippen LogP contribution in [-0.4, -0.2) is 31.3 Å². The van der Waals surface area contributed by atoms with E-state index in [1.807, 2.05) is 55.5 Å². The topological polar surface area (TPSA) is 72.9 Å². The summed E-state index contributed by atoms with van der Waals surface area (Å²) in [4.78, 5) is 13.6. The molecule has 6 nitrogen and oxygen atoms in total. The van der Waals surface area contributed by atoms with E-state index in [9.17, 15) is 9.90 Å². The van der Waals surface area contributed by atoms with Gasteiger partial charge in [-0.3, -0.25) is 9.36 Å². The van der Waals surface area contributed by atoms with Crippen LogP contribution < -0.4 is 5.56 Å². The Balaban J connectivity index is 1.63. The second kappa shape index (κ2) is 7.53. The molecule has 31 heavy (non-hydrogen) atoms. The minimum Gasteiger partial charge on any atom is -0.394 e. The molecule has 0 spiro atoms. The Labute approximate surface area is 179 Å². The highest BCUT2D eigenvalue weighted by Gasteiger charge is 2.45. The zero-order valence-electron chi connectivity index (χ0n) is 17.2. The summed E-state index contributed by atoms with van der Waals surface area (Å²) in [6, 6.07) is 17.5. The van der Waals surface area contributed by atoms with Crippen molar-refractivity contribution in [2.75, 3.05) is 6.61 Å². The van der Waals surface area contributed by atoms with Crippen LogP contribution in [0, 0.1) is 11.8 Å². The smallest absolute Gasteiger partial charge is 0.264 e. The molecule has 2 aromatic heterocycles. The van der Waals surface area contributed by atoms with Gasteiger partial charge in [-0.25, -0.2) is 4.68 Å². The molecule has 1 fully saturated rings. The maximum atomic E-state index is 13.6. The van der Waals surface area contributed by atoms with E-state index in [-0.39, 0.29) is 17.7 Å². The third kappa shape index (κ3) is 3.33. The summed E-state index contributed by atoms with van der Waals surface area (Å²) in [6.45, 7) is 2.09. The van der Waals surface area contributed by atoms with E-state index in [2.05, 4.69) is 28.2 Å². The highest BCUT2D eigenvalue weighted by molar-refractivity contribution is 5.88. The van der Waals surface area contributed by atoms with Crippen molar-refractivity contribution < 1.29 is 5.11 Å². The third-order valence-electron chi connectivity index (χ3n) is 5.93. The first-order valence-corrected chi connectivity index (χ1v) is 10.4. The lowest BCUT2D eigenvalue weighted by Crippen LogP contribution is -2.22. The van der Waals surface area contributed by atoms with Crippen molar-refractivity contribution >= 4 is 10.8 Å².